The summed E-state index contributed by atoms with van der Waals surface area (Å²) in [4.78, 5) is 11.6. The van der Waals surface area contributed by atoms with Crippen LogP contribution in [0.15, 0.2) is 29.2 Å². The highest BCUT2D eigenvalue weighted by molar-refractivity contribution is 5.23. The molecule has 1 aliphatic rings. The molecule has 0 aliphatic heterocycles. The van der Waals surface area contributed by atoms with Gasteiger partial charge < -0.3 is 5.73 Å². The van der Waals surface area contributed by atoms with E-state index in [0.29, 0.717) is 18.4 Å². The van der Waals surface area contributed by atoms with Crippen LogP contribution in [-0.4, -0.2) is 19.6 Å². The molecule has 19 heavy (non-hydrogen) atoms. The molecule has 0 spiro atoms. The molecule has 2 aromatic heterocycles. The second kappa shape index (κ2) is 4.87. The summed E-state index contributed by atoms with van der Waals surface area (Å²) >= 11 is 0. The highest BCUT2D eigenvalue weighted by Gasteiger charge is 2.17. The van der Waals surface area contributed by atoms with Crippen molar-refractivity contribution in [2.24, 2.45) is 0 Å². The molecule has 6 heteroatoms. The minimum atomic E-state index is -0.162. The Morgan fingerprint density at radius 3 is 2.79 bits per heavy atom. The third-order valence-electron chi connectivity index (χ3n) is 3.56. The Morgan fingerprint density at radius 1 is 1.21 bits per heavy atom. The lowest BCUT2D eigenvalue weighted by atomic mass is 10.3. The van der Waals surface area contributed by atoms with E-state index in [-0.39, 0.29) is 5.56 Å². The van der Waals surface area contributed by atoms with Crippen LogP contribution in [0.25, 0.3) is 0 Å². The minimum absolute atomic E-state index is 0.162. The number of rotatable bonds is 3. The summed E-state index contributed by atoms with van der Waals surface area (Å²) in [6.07, 6.45) is 6.92. The molecular weight excluding hydrogens is 242 g/mol. The molecule has 100 valence electrons. The second-order valence-corrected chi connectivity index (χ2v) is 4.98. The van der Waals surface area contributed by atoms with E-state index in [1.165, 1.54) is 42.5 Å². The molecule has 0 amide bonds. The van der Waals surface area contributed by atoms with Crippen molar-refractivity contribution in [3.63, 3.8) is 0 Å². The van der Waals surface area contributed by atoms with E-state index < -0.39 is 0 Å². The fourth-order valence-electron chi connectivity index (χ4n) is 2.57. The van der Waals surface area contributed by atoms with Gasteiger partial charge >= 0.3 is 0 Å². The molecule has 1 fully saturated rings. The van der Waals surface area contributed by atoms with E-state index in [2.05, 4.69) is 10.2 Å². The summed E-state index contributed by atoms with van der Waals surface area (Å²) in [6.45, 7) is 0.365. The summed E-state index contributed by atoms with van der Waals surface area (Å²) in [7, 11) is 0. The predicted molar refractivity (Wildman–Crippen MR) is 71.7 cm³/mol. The van der Waals surface area contributed by atoms with E-state index in [1.54, 1.807) is 0 Å². The van der Waals surface area contributed by atoms with Crippen LogP contribution in [-0.2, 0) is 6.54 Å². The highest BCUT2D eigenvalue weighted by atomic mass is 16.1. The van der Waals surface area contributed by atoms with Crippen molar-refractivity contribution in [1.29, 1.82) is 0 Å². The van der Waals surface area contributed by atoms with E-state index in [4.69, 9.17) is 5.73 Å². The van der Waals surface area contributed by atoms with Crippen molar-refractivity contribution >= 4 is 5.82 Å². The van der Waals surface area contributed by atoms with Gasteiger partial charge in [-0.2, -0.15) is 10.2 Å². The lowest BCUT2D eigenvalue weighted by molar-refractivity contribution is 0.459. The predicted octanol–water partition coefficient (Wildman–Crippen LogP) is 1.19. The highest BCUT2D eigenvalue weighted by Crippen LogP contribution is 2.28. The standard InChI is InChI=1S/C13H17N5O/c14-12-5-6-13(19)18(16-12)9-10-7-8-17(15-10)11-3-1-2-4-11/h5-8,11H,1-4,9H2,(H2,14,16). The first-order valence-corrected chi connectivity index (χ1v) is 6.60. The van der Waals surface area contributed by atoms with Gasteiger partial charge in [0.1, 0.15) is 5.82 Å². The summed E-state index contributed by atoms with van der Waals surface area (Å²) in [6, 6.07) is 5.39. The third kappa shape index (κ3) is 2.52. The number of aromatic nitrogens is 4. The largest absolute Gasteiger partial charge is 0.382 e. The first kappa shape index (κ1) is 12.0. The van der Waals surface area contributed by atoms with Crippen LogP contribution >= 0.6 is 0 Å². The van der Waals surface area contributed by atoms with Crippen molar-refractivity contribution in [3.05, 3.63) is 40.4 Å². The van der Waals surface area contributed by atoms with Gasteiger partial charge in [0.15, 0.2) is 0 Å². The summed E-state index contributed by atoms with van der Waals surface area (Å²) in [5, 5.41) is 8.54. The molecule has 2 aromatic rings. The summed E-state index contributed by atoms with van der Waals surface area (Å²) in [5.41, 5.74) is 6.27. The monoisotopic (exact) mass is 259 g/mol. The number of nitrogens with two attached hydrogens (primary N) is 1. The van der Waals surface area contributed by atoms with Gasteiger partial charge in [-0.15, -0.1) is 0 Å². The number of nitrogen functional groups attached to an aromatic ring is 1. The van der Waals surface area contributed by atoms with Crippen LogP contribution < -0.4 is 11.3 Å². The van der Waals surface area contributed by atoms with Gasteiger partial charge in [0, 0.05) is 12.3 Å². The maximum absolute atomic E-state index is 11.6. The quantitative estimate of drug-likeness (QED) is 0.897. The van der Waals surface area contributed by atoms with E-state index in [9.17, 15) is 4.79 Å². The second-order valence-electron chi connectivity index (χ2n) is 4.98. The van der Waals surface area contributed by atoms with E-state index in [0.717, 1.165) is 5.69 Å². The van der Waals surface area contributed by atoms with Gasteiger partial charge in [0.2, 0.25) is 0 Å². The lowest BCUT2D eigenvalue weighted by Gasteiger charge is -2.09. The number of nitrogens with zero attached hydrogens (tertiary/aromatic N) is 4. The number of hydrogen-bond acceptors (Lipinski definition) is 4. The van der Waals surface area contributed by atoms with E-state index in [1.807, 2.05) is 16.9 Å². The Kier molecular flexibility index (Phi) is 3.06. The SMILES string of the molecule is Nc1ccc(=O)n(Cc2ccn(C3CCCC3)n2)n1. The molecule has 1 saturated carbocycles. The van der Waals surface area contributed by atoms with Gasteiger partial charge in [0.05, 0.1) is 18.3 Å². The van der Waals surface area contributed by atoms with Crippen LogP contribution in [0.5, 0.6) is 0 Å². The van der Waals surface area contributed by atoms with Gasteiger partial charge in [0.25, 0.3) is 5.56 Å². The van der Waals surface area contributed by atoms with Crippen molar-refractivity contribution in [1.82, 2.24) is 19.6 Å². The molecule has 2 N–H and O–H groups in total. The van der Waals surface area contributed by atoms with E-state index >= 15 is 0 Å². The lowest BCUT2D eigenvalue weighted by Crippen LogP contribution is -2.23. The first-order chi connectivity index (χ1) is 9.22. The molecule has 3 rings (SSSR count). The molecule has 0 saturated heterocycles. The minimum Gasteiger partial charge on any atom is -0.382 e. The van der Waals surface area contributed by atoms with Crippen LogP contribution in [0.4, 0.5) is 5.82 Å². The fraction of sp³-hybridized carbons (Fsp3) is 0.462. The Balaban J connectivity index is 1.79. The Labute approximate surface area is 110 Å². The summed E-state index contributed by atoms with van der Waals surface area (Å²) < 4.78 is 3.36. The maximum atomic E-state index is 11.6. The zero-order valence-electron chi connectivity index (χ0n) is 10.7. The maximum Gasteiger partial charge on any atom is 0.267 e. The van der Waals surface area contributed by atoms with Gasteiger partial charge in [-0.25, -0.2) is 4.68 Å². The molecule has 0 radical (unpaired) electrons. The van der Waals surface area contributed by atoms with Crippen LogP contribution in [0.1, 0.15) is 37.4 Å². The smallest absolute Gasteiger partial charge is 0.267 e. The molecule has 6 nitrogen and oxygen atoms in total. The van der Waals surface area contributed by atoms with Crippen molar-refractivity contribution in [2.75, 3.05) is 5.73 Å². The molecule has 0 unspecified atom stereocenters. The first-order valence-electron chi connectivity index (χ1n) is 6.60. The third-order valence-corrected chi connectivity index (χ3v) is 3.56. The normalized spacial score (nSPS) is 16.0. The molecular formula is C13H17N5O. The van der Waals surface area contributed by atoms with Crippen LogP contribution in [0, 0.1) is 0 Å². The summed E-state index contributed by atoms with van der Waals surface area (Å²) in [5.74, 6) is 0.342. The molecule has 0 aromatic carbocycles. The zero-order valence-corrected chi connectivity index (χ0v) is 10.7. The van der Waals surface area contributed by atoms with Crippen molar-refractivity contribution in [3.8, 4) is 0 Å². The Morgan fingerprint density at radius 2 is 2.00 bits per heavy atom. The van der Waals surface area contributed by atoms with Gasteiger partial charge in [-0.05, 0) is 25.0 Å². The molecule has 1 aliphatic carbocycles. The zero-order chi connectivity index (χ0) is 13.2. The Bertz CT molecular complexity index is 624. The van der Waals surface area contributed by atoms with Crippen molar-refractivity contribution < 1.29 is 0 Å². The van der Waals surface area contributed by atoms with Crippen molar-refractivity contribution in [2.45, 2.75) is 38.3 Å². The van der Waals surface area contributed by atoms with Gasteiger partial charge in [-0.1, -0.05) is 12.8 Å². The van der Waals surface area contributed by atoms with Crippen LogP contribution in [0.2, 0.25) is 0 Å². The molecule has 0 bridgehead atoms. The number of anilines is 1. The molecule has 0 atom stereocenters. The fourth-order valence-corrected chi connectivity index (χ4v) is 2.57. The Hall–Kier alpha value is -2.11. The topological polar surface area (TPSA) is 78.7 Å². The van der Waals surface area contributed by atoms with Crippen LogP contribution in [0.3, 0.4) is 0 Å². The number of hydrogen-bond donors (Lipinski definition) is 1. The molecule has 2 heterocycles. The average Bonchev–Trinajstić information content (AvgIpc) is 3.04. The average molecular weight is 259 g/mol. The van der Waals surface area contributed by atoms with Gasteiger partial charge in [-0.3, -0.25) is 9.48 Å².